The third kappa shape index (κ3) is 2.02. The number of methoxy groups -OCH3 is 1. The quantitative estimate of drug-likeness (QED) is 0.545. The molecule has 1 unspecified atom stereocenters. The van der Waals surface area contributed by atoms with E-state index in [1.165, 1.54) is 7.11 Å². The highest BCUT2D eigenvalue weighted by Gasteiger charge is 2.26. The van der Waals surface area contributed by atoms with Gasteiger partial charge in [-0.15, -0.1) is 0 Å². The predicted octanol–water partition coefficient (Wildman–Crippen LogP) is 2.40. The summed E-state index contributed by atoms with van der Waals surface area (Å²) in [5, 5.41) is 0.811. The number of benzene rings is 1. The molecule has 21 heavy (non-hydrogen) atoms. The van der Waals surface area contributed by atoms with Gasteiger partial charge in [0, 0.05) is 13.3 Å². The number of hydrogen-bond acceptors (Lipinski definition) is 5. The highest BCUT2D eigenvalue weighted by Crippen LogP contribution is 2.26. The van der Waals surface area contributed by atoms with E-state index >= 15 is 0 Å². The molecule has 0 N–H and O–H groups in total. The minimum absolute atomic E-state index is 0.175. The van der Waals surface area contributed by atoms with Crippen LogP contribution in [0.1, 0.15) is 12.5 Å². The Labute approximate surface area is 120 Å². The molecule has 0 fully saturated rings. The number of pyridine rings is 1. The molecule has 0 saturated heterocycles. The van der Waals surface area contributed by atoms with Gasteiger partial charge in [0.05, 0.1) is 10.8 Å². The number of ether oxygens (including phenoxy) is 1. The summed E-state index contributed by atoms with van der Waals surface area (Å²) in [6.45, 7) is 1.64. The summed E-state index contributed by atoms with van der Waals surface area (Å²) >= 11 is 0. The summed E-state index contributed by atoms with van der Waals surface area (Å²) in [6, 6.07) is 8.33. The van der Waals surface area contributed by atoms with Gasteiger partial charge in [0.15, 0.2) is 6.29 Å². The van der Waals surface area contributed by atoms with Crippen LogP contribution < -0.4 is 5.43 Å². The number of fused-ring (bicyclic) bond motifs is 2. The van der Waals surface area contributed by atoms with Crippen LogP contribution in [-0.2, 0) is 15.1 Å². The van der Waals surface area contributed by atoms with Gasteiger partial charge in [0.2, 0.25) is 11.1 Å². The molecule has 0 aliphatic heterocycles. The smallest absolute Gasteiger partial charge is 0.230 e. The van der Waals surface area contributed by atoms with Crippen molar-refractivity contribution in [2.75, 3.05) is 7.11 Å². The van der Waals surface area contributed by atoms with E-state index in [4.69, 9.17) is 9.15 Å². The molecule has 0 spiro atoms. The van der Waals surface area contributed by atoms with Crippen LogP contribution in [-0.4, -0.2) is 18.4 Å². The van der Waals surface area contributed by atoms with Crippen molar-refractivity contribution in [1.82, 2.24) is 4.98 Å². The second-order valence-electron chi connectivity index (χ2n) is 4.93. The van der Waals surface area contributed by atoms with Crippen molar-refractivity contribution < 1.29 is 13.9 Å². The van der Waals surface area contributed by atoms with E-state index in [1.807, 2.05) is 0 Å². The van der Waals surface area contributed by atoms with Crippen molar-refractivity contribution in [3.8, 4) is 0 Å². The second-order valence-corrected chi connectivity index (χ2v) is 4.93. The Balaban J connectivity index is 2.36. The van der Waals surface area contributed by atoms with E-state index < -0.39 is 5.60 Å². The lowest BCUT2D eigenvalue weighted by Crippen LogP contribution is -2.26. The van der Waals surface area contributed by atoms with Gasteiger partial charge in [-0.25, -0.2) is 4.98 Å². The highest BCUT2D eigenvalue weighted by molar-refractivity contribution is 5.88. The average molecular weight is 283 g/mol. The summed E-state index contributed by atoms with van der Waals surface area (Å²) in [5.74, 6) is 0. The molecule has 106 valence electrons. The maximum Gasteiger partial charge on any atom is 0.230 e. The van der Waals surface area contributed by atoms with Gasteiger partial charge < -0.3 is 9.15 Å². The maximum atomic E-state index is 12.5. The third-order valence-corrected chi connectivity index (χ3v) is 3.67. The normalized spacial score (nSPS) is 14.2. The lowest BCUT2D eigenvalue weighted by molar-refractivity contribution is -0.126. The van der Waals surface area contributed by atoms with Gasteiger partial charge in [0.25, 0.3) is 0 Å². The van der Waals surface area contributed by atoms with Crippen LogP contribution in [0.2, 0.25) is 0 Å². The van der Waals surface area contributed by atoms with Crippen molar-refractivity contribution in [3.63, 3.8) is 0 Å². The molecule has 5 heteroatoms. The van der Waals surface area contributed by atoms with Crippen LogP contribution in [0.15, 0.2) is 45.7 Å². The fourth-order valence-electron chi connectivity index (χ4n) is 2.23. The van der Waals surface area contributed by atoms with Gasteiger partial charge in [-0.1, -0.05) is 6.07 Å². The number of aldehydes is 1. The molecule has 3 rings (SSSR count). The van der Waals surface area contributed by atoms with E-state index in [0.717, 1.165) is 0 Å². The fourth-order valence-corrected chi connectivity index (χ4v) is 2.23. The van der Waals surface area contributed by atoms with E-state index in [9.17, 15) is 9.59 Å². The molecule has 3 aromatic rings. The first-order valence-electron chi connectivity index (χ1n) is 6.42. The predicted molar refractivity (Wildman–Crippen MR) is 78.2 cm³/mol. The third-order valence-electron chi connectivity index (χ3n) is 3.67. The molecule has 1 aromatic carbocycles. The summed E-state index contributed by atoms with van der Waals surface area (Å²) in [5.41, 5.74) is 0.0605. The lowest BCUT2D eigenvalue weighted by atomic mass is 9.96. The van der Waals surface area contributed by atoms with Crippen molar-refractivity contribution in [1.29, 1.82) is 0 Å². The van der Waals surface area contributed by atoms with Gasteiger partial charge in [-0.3, -0.25) is 9.59 Å². The van der Waals surface area contributed by atoms with E-state index in [1.54, 1.807) is 43.5 Å². The molecule has 0 aliphatic carbocycles. The summed E-state index contributed by atoms with van der Waals surface area (Å²) in [7, 11) is 1.45. The number of carbonyl (C=O) groups is 1. The molecule has 1 atom stereocenters. The lowest BCUT2D eigenvalue weighted by Gasteiger charge is -2.21. The Morgan fingerprint density at radius 3 is 2.81 bits per heavy atom. The zero-order valence-electron chi connectivity index (χ0n) is 11.6. The number of nitrogens with zero attached hydrogens (tertiary/aromatic N) is 1. The van der Waals surface area contributed by atoms with Crippen LogP contribution in [0.4, 0.5) is 0 Å². The number of carbonyl (C=O) groups excluding carboxylic acids is 1. The summed E-state index contributed by atoms with van der Waals surface area (Å²) in [6.07, 6.45) is 2.28. The first-order chi connectivity index (χ1) is 10.1. The van der Waals surface area contributed by atoms with Crippen molar-refractivity contribution in [3.05, 3.63) is 52.3 Å². The number of aromatic nitrogens is 1. The molecule has 0 aliphatic rings. The van der Waals surface area contributed by atoms with Crippen LogP contribution in [0.3, 0.4) is 0 Å². The zero-order chi connectivity index (χ0) is 15.0. The topological polar surface area (TPSA) is 69.4 Å². The number of hydrogen-bond donors (Lipinski definition) is 0. The minimum atomic E-state index is -1.09. The van der Waals surface area contributed by atoms with Crippen molar-refractivity contribution in [2.24, 2.45) is 0 Å². The Morgan fingerprint density at radius 1 is 1.29 bits per heavy atom. The van der Waals surface area contributed by atoms with Gasteiger partial charge >= 0.3 is 0 Å². The zero-order valence-corrected chi connectivity index (χ0v) is 11.6. The molecule has 0 saturated carbocycles. The second kappa shape index (κ2) is 4.79. The Kier molecular flexibility index (Phi) is 3.07. The van der Waals surface area contributed by atoms with E-state index in [2.05, 4.69) is 4.98 Å². The molecule has 0 radical (unpaired) electrons. The molecule has 0 bridgehead atoms. The molecule has 2 aromatic heterocycles. The average Bonchev–Trinajstić information content (AvgIpc) is 2.54. The Morgan fingerprint density at radius 2 is 2.10 bits per heavy atom. The monoisotopic (exact) mass is 283 g/mol. The van der Waals surface area contributed by atoms with Gasteiger partial charge in [0.1, 0.15) is 11.2 Å². The molecular formula is C16H13NO4. The summed E-state index contributed by atoms with van der Waals surface area (Å²) < 4.78 is 10.9. The first-order valence-corrected chi connectivity index (χ1v) is 6.42. The van der Waals surface area contributed by atoms with Crippen LogP contribution >= 0.6 is 0 Å². The number of rotatable bonds is 3. The van der Waals surface area contributed by atoms with Gasteiger partial charge in [-0.2, -0.15) is 0 Å². The molecule has 5 nitrogen and oxygen atoms in total. The minimum Gasteiger partial charge on any atom is -0.437 e. The van der Waals surface area contributed by atoms with Gasteiger partial charge in [-0.05, 0) is 36.8 Å². The van der Waals surface area contributed by atoms with Crippen LogP contribution in [0.25, 0.3) is 22.1 Å². The first kappa shape index (κ1) is 13.5. The SMILES string of the molecule is COC(C)(C=O)c1ccc2oc3ncccc3c(=O)c2c1. The van der Waals surface area contributed by atoms with Crippen molar-refractivity contribution in [2.45, 2.75) is 12.5 Å². The largest absolute Gasteiger partial charge is 0.437 e. The molecule has 2 heterocycles. The summed E-state index contributed by atoms with van der Waals surface area (Å²) in [4.78, 5) is 27.8. The fraction of sp³-hybridized carbons (Fsp3) is 0.188. The molecule has 0 amide bonds. The van der Waals surface area contributed by atoms with Crippen LogP contribution in [0, 0.1) is 0 Å². The Hall–Kier alpha value is -2.53. The van der Waals surface area contributed by atoms with Crippen molar-refractivity contribution >= 4 is 28.4 Å². The standard InChI is InChI=1S/C16H13NO4/c1-16(9-18,20-2)10-5-6-13-12(8-10)14(19)11-4-3-7-17-15(11)21-13/h3-9H,1-2H3. The maximum absolute atomic E-state index is 12.5. The highest BCUT2D eigenvalue weighted by atomic mass is 16.5. The molecular weight excluding hydrogens is 270 g/mol. The van der Waals surface area contributed by atoms with Crippen LogP contribution in [0.5, 0.6) is 0 Å². The van der Waals surface area contributed by atoms with E-state index in [0.29, 0.717) is 33.9 Å². The van der Waals surface area contributed by atoms with E-state index in [-0.39, 0.29) is 5.43 Å². The Bertz CT molecular complexity index is 900.